The maximum Gasteiger partial charge on any atom is 0.128 e. The summed E-state index contributed by atoms with van der Waals surface area (Å²) in [4.78, 5) is 6.84. The van der Waals surface area contributed by atoms with Crippen molar-refractivity contribution in [2.75, 3.05) is 52.5 Å². The third-order valence-electron chi connectivity index (χ3n) is 3.79. The molecule has 1 saturated heterocycles. The van der Waals surface area contributed by atoms with Crippen LogP contribution in [0.25, 0.3) is 0 Å². The molecule has 0 aliphatic carbocycles. The van der Waals surface area contributed by atoms with Crippen molar-refractivity contribution in [1.82, 2.24) is 10.2 Å². The van der Waals surface area contributed by atoms with E-state index in [1.54, 1.807) is 0 Å². The molecule has 1 aromatic carbocycles. The maximum atomic E-state index is 5.80. The molecule has 114 valence electrons. The smallest absolute Gasteiger partial charge is 0.128 e. The molecule has 5 nitrogen and oxygen atoms in total. The SMILES string of the molecule is c1cc(C2=NCCN2)ccc1OCCCN1CCOCC1. The number of benzene rings is 1. The van der Waals surface area contributed by atoms with Crippen molar-refractivity contribution in [2.45, 2.75) is 6.42 Å². The van der Waals surface area contributed by atoms with Gasteiger partial charge in [-0.05, 0) is 30.7 Å². The number of aliphatic imine (C=N–C) groups is 1. The quantitative estimate of drug-likeness (QED) is 0.798. The topological polar surface area (TPSA) is 46.1 Å². The van der Waals surface area contributed by atoms with Crippen LogP contribution >= 0.6 is 0 Å². The Morgan fingerprint density at radius 3 is 2.71 bits per heavy atom. The Morgan fingerprint density at radius 2 is 2.00 bits per heavy atom. The molecule has 2 aliphatic heterocycles. The van der Waals surface area contributed by atoms with Gasteiger partial charge in [0.05, 0.1) is 26.4 Å². The van der Waals surface area contributed by atoms with E-state index < -0.39 is 0 Å². The molecular formula is C16H23N3O2. The summed E-state index contributed by atoms with van der Waals surface area (Å²) in [6.07, 6.45) is 1.05. The first-order chi connectivity index (χ1) is 10.4. The third kappa shape index (κ3) is 4.19. The van der Waals surface area contributed by atoms with Crippen LogP contribution in [0, 0.1) is 0 Å². The fourth-order valence-electron chi connectivity index (χ4n) is 2.60. The lowest BCUT2D eigenvalue weighted by Gasteiger charge is -2.26. The first-order valence-electron chi connectivity index (χ1n) is 7.73. The molecule has 0 unspecified atom stereocenters. The van der Waals surface area contributed by atoms with E-state index in [1.807, 2.05) is 12.1 Å². The van der Waals surface area contributed by atoms with Gasteiger partial charge < -0.3 is 14.8 Å². The Labute approximate surface area is 126 Å². The summed E-state index contributed by atoms with van der Waals surface area (Å²) in [5.74, 6) is 1.92. The van der Waals surface area contributed by atoms with E-state index in [0.717, 1.165) is 76.1 Å². The number of hydrogen-bond acceptors (Lipinski definition) is 5. The summed E-state index contributed by atoms with van der Waals surface area (Å²) in [7, 11) is 0. The van der Waals surface area contributed by atoms with Crippen LogP contribution in [0.2, 0.25) is 0 Å². The molecule has 0 spiro atoms. The van der Waals surface area contributed by atoms with Gasteiger partial charge in [0.15, 0.2) is 0 Å². The summed E-state index contributed by atoms with van der Waals surface area (Å²) in [6.45, 7) is 7.47. The average Bonchev–Trinajstić information content (AvgIpc) is 3.08. The minimum atomic E-state index is 0.760. The lowest BCUT2D eigenvalue weighted by Crippen LogP contribution is -2.37. The number of nitrogens with one attached hydrogen (secondary N) is 1. The summed E-state index contributed by atoms with van der Waals surface area (Å²) < 4.78 is 11.1. The highest BCUT2D eigenvalue weighted by Crippen LogP contribution is 2.13. The van der Waals surface area contributed by atoms with Gasteiger partial charge in [0, 0.05) is 31.7 Å². The minimum Gasteiger partial charge on any atom is -0.494 e. The number of hydrogen-bond donors (Lipinski definition) is 1. The van der Waals surface area contributed by atoms with Crippen molar-refractivity contribution >= 4 is 5.84 Å². The molecule has 21 heavy (non-hydrogen) atoms. The lowest BCUT2D eigenvalue weighted by atomic mass is 10.2. The third-order valence-corrected chi connectivity index (χ3v) is 3.79. The monoisotopic (exact) mass is 289 g/mol. The number of amidine groups is 1. The van der Waals surface area contributed by atoms with Gasteiger partial charge >= 0.3 is 0 Å². The van der Waals surface area contributed by atoms with E-state index in [4.69, 9.17) is 9.47 Å². The number of ether oxygens (including phenoxy) is 2. The Balaban J connectivity index is 1.39. The van der Waals surface area contributed by atoms with Gasteiger partial charge in [-0.2, -0.15) is 0 Å². The molecule has 3 rings (SSSR count). The zero-order valence-electron chi connectivity index (χ0n) is 12.4. The molecule has 1 aromatic rings. The van der Waals surface area contributed by atoms with Crippen molar-refractivity contribution in [3.63, 3.8) is 0 Å². The Kier molecular flexibility index (Phi) is 5.08. The van der Waals surface area contributed by atoms with E-state index in [1.165, 1.54) is 0 Å². The fraction of sp³-hybridized carbons (Fsp3) is 0.562. The molecular weight excluding hydrogens is 266 g/mol. The van der Waals surface area contributed by atoms with Crippen molar-refractivity contribution in [1.29, 1.82) is 0 Å². The zero-order chi connectivity index (χ0) is 14.3. The first-order valence-corrected chi connectivity index (χ1v) is 7.73. The summed E-state index contributed by atoms with van der Waals surface area (Å²) >= 11 is 0. The summed E-state index contributed by atoms with van der Waals surface area (Å²) in [5.41, 5.74) is 1.13. The summed E-state index contributed by atoms with van der Waals surface area (Å²) in [5, 5.41) is 3.27. The minimum absolute atomic E-state index is 0.760. The average molecular weight is 289 g/mol. The first kappa shape index (κ1) is 14.4. The van der Waals surface area contributed by atoms with Crippen molar-refractivity contribution in [3.8, 4) is 5.75 Å². The molecule has 1 fully saturated rings. The summed E-state index contributed by atoms with van der Waals surface area (Å²) in [6, 6.07) is 8.17. The van der Waals surface area contributed by atoms with E-state index >= 15 is 0 Å². The predicted octanol–water partition coefficient (Wildman–Crippen LogP) is 1.14. The second-order valence-corrected chi connectivity index (χ2v) is 5.34. The highest BCUT2D eigenvalue weighted by Gasteiger charge is 2.10. The standard InChI is InChI=1S/C16H23N3O2/c1(8-19-9-12-20-13-10-19)11-21-15-4-2-14(3-5-15)16-17-6-7-18-16/h2-5H,1,6-13H2,(H,17,18). The molecule has 0 amide bonds. The molecule has 0 radical (unpaired) electrons. The molecule has 1 N–H and O–H groups in total. The zero-order valence-corrected chi connectivity index (χ0v) is 12.4. The fourth-order valence-corrected chi connectivity index (χ4v) is 2.60. The number of morpholine rings is 1. The second kappa shape index (κ2) is 7.43. The van der Waals surface area contributed by atoms with Crippen LogP contribution in [0.4, 0.5) is 0 Å². The van der Waals surface area contributed by atoms with E-state index in [0.29, 0.717) is 0 Å². The number of nitrogens with zero attached hydrogens (tertiary/aromatic N) is 2. The van der Waals surface area contributed by atoms with E-state index in [-0.39, 0.29) is 0 Å². The van der Waals surface area contributed by atoms with E-state index in [2.05, 4.69) is 27.3 Å². The lowest BCUT2D eigenvalue weighted by molar-refractivity contribution is 0.0358. The van der Waals surface area contributed by atoms with Gasteiger partial charge in [0.2, 0.25) is 0 Å². The molecule has 0 bridgehead atoms. The van der Waals surface area contributed by atoms with Crippen LogP contribution in [0.5, 0.6) is 5.75 Å². The van der Waals surface area contributed by atoms with E-state index in [9.17, 15) is 0 Å². The van der Waals surface area contributed by atoms with Crippen LogP contribution in [0.15, 0.2) is 29.3 Å². The van der Waals surface area contributed by atoms with Gasteiger partial charge in [0.1, 0.15) is 11.6 Å². The molecule has 2 heterocycles. The Bertz CT molecular complexity index is 467. The van der Waals surface area contributed by atoms with Crippen LogP contribution in [0.1, 0.15) is 12.0 Å². The Hall–Kier alpha value is -1.59. The molecule has 5 heteroatoms. The van der Waals surface area contributed by atoms with Gasteiger partial charge in [-0.25, -0.2) is 0 Å². The highest BCUT2D eigenvalue weighted by molar-refractivity contribution is 5.99. The van der Waals surface area contributed by atoms with Crippen LogP contribution < -0.4 is 10.1 Å². The van der Waals surface area contributed by atoms with Gasteiger partial charge in [-0.3, -0.25) is 9.89 Å². The molecule has 0 saturated carbocycles. The van der Waals surface area contributed by atoms with Crippen molar-refractivity contribution < 1.29 is 9.47 Å². The highest BCUT2D eigenvalue weighted by atomic mass is 16.5. The van der Waals surface area contributed by atoms with Crippen LogP contribution in [0.3, 0.4) is 0 Å². The van der Waals surface area contributed by atoms with Crippen molar-refractivity contribution in [3.05, 3.63) is 29.8 Å². The van der Waals surface area contributed by atoms with Crippen molar-refractivity contribution in [2.24, 2.45) is 4.99 Å². The maximum absolute atomic E-state index is 5.80. The normalized spacial score (nSPS) is 19.1. The van der Waals surface area contributed by atoms with Gasteiger partial charge in [-0.1, -0.05) is 0 Å². The Morgan fingerprint density at radius 1 is 1.19 bits per heavy atom. The van der Waals surface area contributed by atoms with Crippen LogP contribution in [-0.2, 0) is 4.74 Å². The largest absolute Gasteiger partial charge is 0.494 e. The molecule has 0 atom stereocenters. The van der Waals surface area contributed by atoms with Gasteiger partial charge in [-0.15, -0.1) is 0 Å². The predicted molar refractivity (Wildman–Crippen MR) is 83.2 cm³/mol. The van der Waals surface area contributed by atoms with Gasteiger partial charge in [0.25, 0.3) is 0 Å². The number of rotatable bonds is 6. The molecule has 2 aliphatic rings. The van der Waals surface area contributed by atoms with Crippen LogP contribution in [-0.4, -0.2) is 63.3 Å². The molecule has 0 aromatic heterocycles. The second-order valence-electron chi connectivity index (χ2n) is 5.34.